The average molecular weight is 424 g/mol. The van der Waals surface area contributed by atoms with Gasteiger partial charge < -0.3 is 16.0 Å². The van der Waals surface area contributed by atoms with Gasteiger partial charge >= 0.3 is 0 Å². The van der Waals surface area contributed by atoms with Crippen LogP contribution in [0.1, 0.15) is 6.92 Å². The van der Waals surface area contributed by atoms with Gasteiger partial charge in [0.15, 0.2) is 11.6 Å². The molecule has 1 heterocycles. The second-order valence-electron chi connectivity index (χ2n) is 6.49. The molecule has 5 nitrogen and oxygen atoms in total. The molecule has 4 rings (SSSR count). The van der Waals surface area contributed by atoms with Crippen molar-refractivity contribution in [2.45, 2.75) is 6.92 Å². The van der Waals surface area contributed by atoms with Crippen LogP contribution >= 0.6 is 23.2 Å². The van der Waals surface area contributed by atoms with Crippen molar-refractivity contribution in [3.63, 3.8) is 0 Å². The number of rotatable bonds is 5. The third-order valence-electron chi connectivity index (χ3n) is 4.62. The lowest BCUT2D eigenvalue weighted by Crippen LogP contribution is -2.20. The third-order valence-corrected chi connectivity index (χ3v) is 5.05. The Hall–Kier alpha value is -3.02. The van der Waals surface area contributed by atoms with Gasteiger partial charge in [-0.15, -0.1) is 0 Å². The van der Waals surface area contributed by atoms with E-state index in [9.17, 15) is 0 Å². The van der Waals surface area contributed by atoms with Crippen LogP contribution in [0, 0.1) is 0 Å². The van der Waals surface area contributed by atoms with Crippen molar-refractivity contribution in [1.82, 2.24) is 9.97 Å². The van der Waals surface area contributed by atoms with Crippen LogP contribution in [-0.4, -0.2) is 16.5 Å². The Labute approximate surface area is 179 Å². The number of hydrogen-bond donors (Lipinski definition) is 2. The fourth-order valence-corrected chi connectivity index (χ4v) is 3.87. The van der Waals surface area contributed by atoms with Crippen molar-refractivity contribution in [3.05, 3.63) is 77.0 Å². The molecule has 3 N–H and O–H groups in total. The highest BCUT2D eigenvalue weighted by molar-refractivity contribution is 6.35. The first-order valence-corrected chi connectivity index (χ1v) is 9.91. The molecule has 0 aliphatic rings. The van der Waals surface area contributed by atoms with Crippen molar-refractivity contribution in [3.8, 4) is 0 Å². The summed E-state index contributed by atoms with van der Waals surface area (Å²) in [4.78, 5) is 10.9. The fraction of sp³-hybridized carbons (Fsp3) is 0.0909. The molecule has 0 radical (unpaired) electrons. The average Bonchev–Trinajstić information content (AvgIpc) is 2.70. The van der Waals surface area contributed by atoms with Crippen LogP contribution < -0.4 is 16.0 Å². The second-order valence-corrected chi connectivity index (χ2v) is 7.36. The van der Waals surface area contributed by atoms with Crippen molar-refractivity contribution in [1.29, 1.82) is 0 Å². The molecule has 0 aliphatic carbocycles. The van der Waals surface area contributed by atoms with Gasteiger partial charge in [0.2, 0.25) is 0 Å². The summed E-state index contributed by atoms with van der Waals surface area (Å²) in [5.41, 5.74) is 8.65. The number of hydrogen-bond acceptors (Lipinski definition) is 5. The SMILES string of the molecule is CCN(c1ncnc(Nc2cc(Cl)cc(Cl)c2)c1N)c1cccc2ccccc12. The summed E-state index contributed by atoms with van der Waals surface area (Å²) in [5, 5.41) is 6.53. The Kier molecular flexibility index (Phi) is 5.43. The van der Waals surface area contributed by atoms with Gasteiger partial charge in [0, 0.05) is 27.7 Å². The van der Waals surface area contributed by atoms with Crippen LogP contribution in [0.3, 0.4) is 0 Å². The molecule has 0 unspecified atom stereocenters. The summed E-state index contributed by atoms with van der Waals surface area (Å²) in [6, 6.07) is 19.6. The van der Waals surface area contributed by atoms with Gasteiger partial charge in [-0.1, -0.05) is 59.6 Å². The van der Waals surface area contributed by atoms with E-state index in [2.05, 4.69) is 51.4 Å². The van der Waals surface area contributed by atoms with Crippen LogP contribution in [0.25, 0.3) is 10.8 Å². The summed E-state index contributed by atoms with van der Waals surface area (Å²) < 4.78 is 0. The minimum Gasteiger partial charge on any atom is -0.393 e. The lowest BCUT2D eigenvalue weighted by atomic mass is 10.1. The molecular weight excluding hydrogens is 405 g/mol. The number of nitrogen functional groups attached to an aromatic ring is 1. The number of benzene rings is 3. The molecule has 0 spiro atoms. The largest absolute Gasteiger partial charge is 0.393 e. The first-order valence-electron chi connectivity index (χ1n) is 9.15. The van der Waals surface area contributed by atoms with Crippen LogP contribution in [0.5, 0.6) is 0 Å². The maximum Gasteiger partial charge on any atom is 0.161 e. The number of fused-ring (bicyclic) bond motifs is 1. The van der Waals surface area contributed by atoms with Crippen LogP contribution in [0.2, 0.25) is 10.0 Å². The van der Waals surface area contributed by atoms with E-state index in [0.29, 0.717) is 39.6 Å². The Bertz CT molecular complexity index is 1150. The van der Waals surface area contributed by atoms with E-state index in [1.165, 1.54) is 6.33 Å². The number of nitrogens with one attached hydrogen (secondary N) is 1. The minimum absolute atomic E-state index is 0.443. The van der Waals surface area contributed by atoms with Crippen molar-refractivity contribution in [2.75, 3.05) is 22.5 Å². The smallest absolute Gasteiger partial charge is 0.161 e. The lowest BCUT2D eigenvalue weighted by Gasteiger charge is -2.25. The highest BCUT2D eigenvalue weighted by atomic mass is 35.5. The van der Waals surface area contributed by atoms with Gasteiger partial charge in [-0.05, 0) is 36.6 Å². The molecule has 0 amide bonds. The monoisotopic (exact) mass is 423 g/mol. The van der Waals surface area contributed by atoms with Gasteiger partial charge in [-0.2, -0.15) is 0 Å². The number of halogens is 2. The van der Waals surface area contributed by atoms with Crippen molar-refractivity contribution >= 4 is 62.7 Å². The van der Waals surface area contributed by atoms with E-state index in [0.717, 1.165) is 16.5 Å². The van der Waals surface area contributed by atoms with E-state index < -0.39 is 0 Å². The Morgan fingerprint density at radius 1 is 0.966 bits per heavy atom. The Balaban J connectivity index is 1.77. The number of aromatic nitrogens is 2. The molecule has 4 aromatic rings. The molecule has 29 heavy (non-hydrogen) atoms. The van der Waals surface area contributed by atoms with Gasteiger partial charge in [-0.3, -0.25) is 0 Å². The Morgan fingerprint density at radius 2 is 1.69 bits per heavy atom. The molecule has 0 fully saturated rings. The molecule has 146 valence electrons. The predicted molar refractivity (Wildman–Crippen MR) is 123 cm³/mol. The first kappa shape index (κ1) is 19.3. The first-order chi connectivity index (χ1) is 14.1. The molecule has 3 aromatic carbocycles. The number of nitrogens with two attached hydrogens (primary N) is 1. The summed E-state index contributed by atoms with van der Waals surface area (Å²) in [5.74, 6) is 1.13. The van der Waals surface area contributed by atoms with Crippen molar-refractivity contribution in [2.24, 2.45) is 0 Å². The van der Waals surface area contributed by atoms with Gasteiger partial charge in [0.05, 0.1) is 5.69 Å². The van der Waals surface area contributed by atoms with E-state index in [1.54, 1.807) is 18.2 Å². The van der Waals surface area contributed by atoms with Crippen LogP contribution in [-0.2, 0) is 0 Å². The second kappa shape index (κ2) is 8.15. The molecule has 0 saturated carbocycles. The van der Waals surface area contributed by atoms with Crippen molar-refractivity contribution < 1.29 is 0 Å². The highest BCUT2D eigenvalue weighted by Gasteiger charge is 2.17. The normalized spacial score (nSPS) is 10.9. The molecule has 7 heteroatoms. The van der Waals surface area contributed by atoms with E-state index in [-0.39, 0.29) is 0 Å². The predicted octanol–water partition coefficient (Wildman–Crippen LogP) is 6.42. The summed E-state index contributed by atoms with van der Waals surface area (Å²) in [7, 11) is 0. The van der Waals surface area contributed by atoms with E-state index in [1.807, 2.05) is 18.2 Å². The maximum atomic E-state index is 6.47. The zero-order valence-corrected chi connectivity index (χ0v) is 17.2. The highest BCUT2D eigenvalue weighted by Crippen LogP contribution is 2.36. The third kappa shape index (κ3) is 3.92. The summed E-state index contributed by atoms with van der Waals surface area (Å²) in [6.07, 6.45) is 1.49. The maximum absolute atomic E-state index is 6.47. The van der Waals surface area contributed by atoms with Gasteiger partial charge in [-0.25, -0.2) is 9.97 Å². The zero-order valence-electron chi connectivity index (χ0n) is 15.7. The van der Waals surface area contributed by atoms with E-state index >= 15 is 0 Å². The molecule has 0 bridgehead atoms. The Morgan fingerprint density at radius 3 is 2.45 bits per heavy atom. The lowest BCUT2D eigenvalue weighted by molar-refractivity contribution is 0.985. The fourth-order valence-electron chi connectivity index (χ4n) is 3.34. The number of nitrogens with zero attached hydrogens (tertiary/aromatic N) is 3. The van der Waals surface area contributed by atoms with Gasteiger partial charge in [0.25, 0.3) is 0 Å². The standard InChI is InChI=1S/C22H19Cl2N5/c1-2-29(19-9-5-7-14-6-3-4-8-18(14)19)22-20(25)21(26-13-27-22)28-17-11-15(23)10-16(24)12-17/h3-13H,2,25H2,1H3,(H,26,27,28). The van der Waals surface area contributed by atoms with Crippen LogP contribution in [0.15, 0.2) is 67.0 Å². The minimum atomic E-state index is 0.443. The number of anilines is 5. The van der Waals surface area contributed by atoms with Gasteiger partial charge in [0.1, 0.15) is 12.0 Å². The van der Waals surface area contributed by atoms with E-state index in [4.69, 9.17) is 28.9 Å². The topological polar surface area (TPSA) is 67.1 Å². The molecular formula is C22H19Cl2N5. The summed E-state index contributed by atoms with van der Waals surface area (Å²) in [6.45, 7) is 2.75. The summed E-state index contributed by atoms with van der Waals surface area (Å²) >= 11 is 12.2. The molecule has 0 atom stereocenters. The van der Waals surface area contributed by atoms with Crippen LogP contribution in [0.4, 0.5) is 28.7 Å². The quantitative estimate of drug-likeness (QED) is 0.387. The zero-order chi connectivity index (χ0) is 20.4. The molecule has 0 saturated heterocycles. The molecule has 1 aromatic heterocycles. The molecule has 0 aliphatic heterocycles.